The van der Waals surface area contributed by atoms with Crippen molar-refractivity contribution < 1.29 is 24.1 Å². The van der Waals surface area contributed by atoms with Crippen LogP contribution < -0.4 is 26.1 Å². The second-order valence-corrected chi connectivity index (χ2v) is 8.28. The summed E-state index contributed by atoms with van der Waals surface area (Å²) in [5, 5.41) is 13.4. The second-order valence-electron chi connectivity index (χ2n) is 8.28. The highest BCUT2D eigenvalue weighted by molar-refractivity contribution is 6.03. The zero-order valence-corrected chi connectivity index (χ0v) is 20.3. The summed E-state index contributed by atoms with van der Waals surface area (Å²) in [6.07, 6.45) is 0.613. The monoisotopic (exact) mass is 498 g/mol. The fraction of sp³-hybridized carbons (Fsp3) is 0.417. The molecule has 12 nitrogen and oxygen atoms in total. The molecule has 1 atom stereocenters. The highest BCUT2D eigenvalue weighted by atomic mass is 16.5. The molecule has 0 spiro atoms. The summed E-state index contributed by atoms with van der Waals surface area (Å²) in [4.78, 5) is 36.5. The fourth-order valence-corrected chi connectivity index (χ4v) is 3.98. The molecule has 12 heteroatoms. The number of amides is 1. The fourth-order valence-electron chi connectivity index (χ4n) is 3.98. The van der Waals surface area contributed by atoms with Gasteiger partial charge in [0.2, 0.25) is 5.95 Å². The third-order valence-electron chi connectivity index (χ3n) is 5.84. The lowest BCUT2D eigenvalue weighted by molar-refractivity contribution is 0.00447. The Morgan fingerprint density at radius 1 is 1.28 bits per heavy atom. The predicted molar refractivity (Wildman–Crippen MR) is 134 cm³/mol. The number of aromatic nitrogens is 3. The number of nitrogens with zero attached hydrogens (tertiary/aromatic N) is 4. The first-order chi connectivity index (χ1) is 17.4. The van der Waals surface area contributed by atoms with Gasteiger partial charge in [0.05, 0.1) is 31.3 Å². The molecule has 1 saturated heterocycles. The van der Waals surface area contributed by atoms with Gasteiger partial charge in [-0.05, 0) is 31.2 Å². The van der Waals surface area contributed by atoms with Crippen LogP contribution in [0.4, 0.5) is 11.8 Å². The molecule has 192 valence electrons. The number of pyridine rings is 1. The Morgan fingerprint density at radius 3 is 2.72 bits per heavy atom. The number of benzene rings is 1. The molecule has 1 aliphatic rings. The van der Waals surface area contributed by atoms with Gasteiger partial charge < -0.3 is 25.1 Å². The molecule has 4 rings (SSSR count). The van der Waals surface area contributed by atoms with Crippen molar-refractivity contribution in [3.8, 4) is 11.5 Å². The Kier molecular flexibility index (Phi) is 7.98. The van der Waals surface area contributed by atoms with Gasteiger partial charge >= 0.3 is 0 Å². The van der Waals surface area contributed by atoms with Crippen LogP contribution >= 0.6 is 0 Å². The van der Waals surface area contributed by atoms with Crippen molar-refractivity contribution in [1.82, 2.24) is 19.4 Å². The van der Waals surface area contributed by atoms with Crippen LogP contribution in [0.25, 0.3) is 10.9 Å². The zero-order chi connectivity index (χ0) is 25.7. The van der Waals surface area contributed by atoms with E-state index in [0.29, 0.717) is 30.9 Å². The molecule has 1 amide bonds. The Hall–Kier alpha value is -3.74. The maximum atomic E-state index is 13.2. The minimum absolute atomic E-state index is 0.0268. The number of hydrogen-bond acceptors (Lipinski definition) is 10. The van der Waals surface area contributed by atoms with Crippen LogP contribution in [0.3, 0.4) is 0 Å². The van der Waals surface area contributed by atoms with Gasteiger partial charge in [-0.3, -0.25) is 24.4 Å². The van der Waals surface area contributed by atoms with Crippen molar-refractivity contribution in [2.45, 2.75) is 19.6 Å². The SMILES string of the molecule is CCn1c(NC(=O)c2ccc(N)nc2)nc2c(OC)c(OC[C@@H](O)CN3CCOCC3)ccc2c1=O. The number of hydrogen-bond donors (Lipinski definition) is 3. The molecule has 3 aromatic rings. The largest absolute Gasteiger partial charge is 0.491 e. The van der Waals surface area contributed by atoms with Gasteiger partial charge in [0.1, 0.15) is 24.0 Å². The number of ether oxygens (including phenoxy) is 3. The molecule has 36 heavy (non-hydrogen) atoms. The Balaban J connectivity index is 1.60. The first-order valence-electron chi connectivity index (χ1n) is 11.7. The molecule has 1 fully saturated rings. The maximum Gasteiger partial charge on any atom is 0.262 e. The minimum Gasteiger partial charge on any atom is -0.491 e. The number of morpholine rings is 1. The summed E-state index contributed by atoms with van der Waals surface area (Å²) in [5.74, 6) is 0.407. The molecule has 0 bridgehead atoms. The number of rotatable bonds is 9. The number of aliphatic hydroxyl groups is 1. The van der Waals surface area contributed by atoms with Crippen LogP contribution in [0.5, 0.6) is 11.5 Å². The minimum atomic E-state index is -0.729. The number of nitrogens with two attached hydrogens (primary N) is 1. The lowest BCUT2D eigenvalue weighted by atomic mass is 10.2. The number of anilines is 2. The van der Waals surface area contributed by atoms with Crippen LogP contribution in [0.2, 0.25) is 0 Å². The predicted octanol–water partition coefficient (Wildman–Crippen LogP) is 0.726. The molecular weight excluding hydrogens is 468 g/mol. The van der Waals surface area contributed by atoms with Gasteiger partial charge in [0, 0.05) is 32.4 Å². The number of nitrogens with one attached hydrogen (secondary N) is 1. The molecule has 3 heterocycles. The third kappa shape index (κ3) is 5.56. The number of aliphatic hydroxyl groups excluding tert-OH is 1. The third-order valence-corrected chi connectivity index (χ3v) is 5.84. The van der Waals surface area contributed by atoms with Crippen molar-refractivity contribution in [2.75, 3.05) is 57.6 Å². The van der Waals surface area contributed by atoms with Crippen molar-refractivity contribution in [1.29, 1.82) is 0 Å². The average molecular weight is 499 g/mol. The van der Waals surface area contributed by atoms with Gasteiger partial charge in [-0.2, -0.15) is 0 Å². The van der Waals surface area contributed by atoms with Gasteiger partial charge in [-0.1, -0.05) is 0 Å². The van der Waals surface area contributed by atoms with E-state index in [4.69, 9.17) is 19.9 Å². The van der Waals surface area contributed by atoms with Crippen LogP contribution in [-0.4, -0.2) is 83.1 Å². The highest BCUT2D eigenvalue weighted by Gasteiger charge is 2.21. The van der Waals surface area contributed by atoms with E-state index in [9.17, 15) is 14.7 Å². The quantitative estimate of drug-likeness (QED) is 0.385. The van der Waals surface area contributed by atoms with E-state index < -0.39 is 12.0 Å². The number of nitrogen functional groups attached to an aromatic ring is 1. The topological polar surface area (TPSA) is 154 Å². The van der Waals surface area contributed by atoms with Gasteiger partial charge in [0.15, 0.2) is 11.5 Å². The molecule has 1 aromatic carbocycles. The number of carbonyl (C=O) groups excluding carboxylic acids is 1. The van der Waals surface area contributed by atoms with E-state index in [1.54, 1.807) is 19.1 Å². The van der Waals surface area contributed by atoms with E-state index in [1.165, 1.54) is 30.0 Å². The second kappa shape index (κ2) is 11.3. The molecular formula is C24H30N6O6. The highest BCUT2D eigenvalue weighted by Crippen LogP contribution is 2.34. The van der Waals surface area contributed by atoms with E-state index >= 15 is 0 Å². The van der Waals surface area contributed by atoms with E-state index in [0.717, 1.165) is 13.1 Å². The normalized spacial score (nSPS) is 15.0. The Bertz CT molecular complexity index is 1270. The summed E-state index contributed by atoms with van der Waals surface area (Å²) >= 11 is 0. The summed E-state index contributed by atoms with van der Waals surface area (Å²) in [6.45, 7) is 5.33. The lowest BCUT2D eigenvalue weighted by Crippen LogP contribution is -2.42. The van der Waals surface area contributed by atoms with E-state index in [1.807, 2.05) is 0 Å². The number of carbonyl (C=O) groups is 1. The van der Waals surface area contributed by atoms with Crippen LogP contribution in [0.15, 0.2) is 35.3 Å². The average Bonchev–Trinajstić information content (AvgIpc) is 2.88. The van der Waals surface area contributed by atoms with Crippen molar-refractivity contribution >= 4 is 28.6 Å². The Morgan fingerprint density at radius 2 is 2.06 bits per heavy atom. The molecule has 2 aromatic heterocycles. The summed E-state index contributed by atoms with van der Waals surface area (Å²) in [5.41, 5.74) is 5.75. The molecule has 0 aliphatic carbocycles. The van der Waals surface area contributed by atoms with Gasteiger partial charge in [-0.15, -0.1) is 0 Å². The summed E-state index contributed by atoms with van der Waals surface area (Å²) < 4.78 is 18.1. The zero-order valence-electron chi connectivity index (χ0n) is 20.3. The lowest BCUT2D eigenvalue weighted by Gasteiger charge is -2.28. The van der Waals surface area contributed by atoms with Crippen molar-refractivity contribution in [3.63, 3.8) is 0 Å². The van der Waals surface area contributed by atoms with Crippen molar-refractivity contribution in [2.24, 2.45) is 0 Å². The number of fused-ring (bicyclic) bond motifs is 1. The molecule has 0 saturated carbocycles. The van der Waals surface area contributed by atoms with E-state index in [-0.39, 0.29) is 47.3 Å². The first-order valence-corrected chi connectivity index (χ1v) is 11.7. The molecule has 4 N–H and O–H groups in total. The molecule has 1 aliphatic heterocycles. The number of β-amino-alcohol motifs (C(OH)–C–C–N with tert-alkyl or cyclic N) is 1. The van der Waals surface area contributed by atoms with Crippen molar-refractivity contribution in [3.05, 3.63) is 46.4 Å². The smallest absolute Gasteiger partial charge is 0.262 e. The molecule has 0 radical (unpaired) electrons. The molecule has 0 unspecified atom stereocenters. The standard InChI is InChI=1S/C24H30N6O6/c1-3-30-23(33)17-5-6-18(36-14-16(31)13-29-8-10-35-11-9-29)21(34-2)20(17)27-24(30)28-22(32)15-4-7-19(25)26-12-15/h4-7,12,16,31H,3,8-11,13-14H2,1-2H3,(H2,25,26)(H,27,28,32)/t16-/m0/s1. The maximum absolute atomic E-state index is 13.2. The number of methoxy groups -OCH3 is 1. The summed E-state index contributed by atoms with van der Waals surface area (Å²) in [6, 6.07) is 6.25. The first kappa shape index (κ1) is 25.4. The van der Waals surface area contributed by atoms with E-state index in [2.05, 4.69) is 20.2 Å². The van der Waals surface area contributed by atoms with Crippen LogP contribution in [0, 0.1) is 0 Å². The van der Waals surface area contributed by atoms with Gasteiger partial charge in [0.25, 0.3) is 11.5 Å². The van der Waals surface area contributed by atoms with Crippen LogP contribution in [-0.2, 0) is 11.3 Å². The Labute approximate surface area is 207 Å². The van der Waals surface area contributed by atoms with Crippen LogP contribution in [0.1, 0.15) is 17.3 Å². The van der Waals surface area contributed by atoms with Gasteiger partial charge in [-0.25, -0.2) is 9.97 Å². The summed E-state index contributed by atoms with van der Waals surface area (Å²) in [7, 11) is 1.44.